The number of amides is 2. The lowest BCUT2D eigenvalue weighted by Gasteiger charge is -2.20. The van der Waals surface area contributed by atoms with Crippen LogP contribution in [0.1, 0.15) is 5.56 Å². The second-order valence-electron chi connectivity index (χ2n) is 6.47. The molecule has 2 heterocycles. The fourth-order valence-electron chi connectivity index (χ4n) is 2.90. The number of hydrogen-bond acceptors (Lipinski definition) is 6. The van der Waals surface area contributed by atoms with E-state index in [0.29, 0.717) is 22.9 Å². The summed E-state index contributed by atoms with van der Waals surface area (Å²) in [6, 6.07) is 10.6. The van der Waals surface area contributed by atoms with Gasteiger partial charge in [0.05, 0.1) is 29.8 Å². The van der Waals surface area contributed by atoms with E-state index in [1.165, 1.54) is 55.8 Å². The second-order valence-corrected chi connectivity index (χ2v) is 8.15. The summed E-state index contributed by atoms with van der Waals surface area (Å²) in [6.07, 6.45) is 1.43. The molecule has 0 saturated heterocycles. The van der Waals surface area contributed by atoms with E-state index >= 15 is 0 Å². The minimum atomic E-state index is -3.91. The van der Waals surface area contributed by atoms with Gasteiger partial charge in [-0.2, -0.15) is 0 Å². The molecule has 0 radical (unpaired) electrons. The van der Waals surface area contributed by atoms with Crippen LogP contribution in [0.3, 0.4) is 0 Å². The van der Waals surface area contributed by atoms with Gasteiger partial charge in [0.2, 0.25) is 0 Å². The first kappa shape index (κ1) is 20.4. The number of methoxy groups -OCH3 is 1. The Kier molecular flexibility index (Phi) is 5.34. The van der Waals surface area contributed by atoms with Crippen LogP contribution in [0.4, 0.5) is 20.7 Å². The van der Waals surface area contributed by atoms with Gasteiger partial charge in [-0.25, -0.2) is 22.6 Å². The van der Waals surface area contributed by atoms with Crippen molar-refractivity contribution in [1.82, 2.24) is 10.3 Å². The molecular weight excluding hydrogens is 427 g/mol. The number of benzene rings is 2. The average molecular weight is 444 g/mol. The van der Waals surface area contributed by atoms with Gasteiger partial charge in [-0.05, 0) is 42.5 Å². The third-order valence-electron chi connectivity index (χ3n) is 4.44. The quantitative estimate of drug-likeness (QED) is 0.536. The van der Waals surface area contributed by atoms with Crippen molar-refractivity contribution in [3.63, 3.8) is 0 Å². The molecule has 1 aliphatic rings. The molecule has 0 fully saturated rings. The number of fused-ring (bicyclic) bond motifs is 1. The Morgan fingerprint density at radius 3 is 2.58 bits per heavy atom. The Bertz CT molecular complexity index is 1250. The molecule has 3 N–H and O–H groups in total. The first-order valence-corrected chi connectivity index (χ1v) is 10.5. The Labute approximate surface area is 177 Å². The number of halogens is 1. The molecule has 0 atom stereocenters. The lowest BCUT2D eigenvalue weighted by atomic mass is 10.2. The molecule has 0 unspecified atom stereocenters. The van der Waals surface area contributed by atoms with Crippen molar-refractivity contribution in [3.05, 3.63) is 66.1 Å². The Balaban J connectivity index is 1.54. The lowest BCUT2D eigenvalue weighted by Crippen LogP contribution is -2.34. The van der Waals surface area contributed by atoms with Gasteiger partial charge in [0.15, 0.2) is 11.6 Å². The predicted octanol–water partition coefficient (Wildman–Crippen LogP) is 3.46. The average Bonchev–Trinajstić information content (AvgIpc) is 2.75. The van der Waals surface area contributed by atoms with E-state index in [4.69, 9.17) is 9.47 Å². The Morgan fingerprint density at radius 1 is 1.10 bits per heavy atom. The largest absolute Gasteiger partial charge is 0.497 e. The molecule has 1 aliphatic heterocycles. The normalized spacial score (nSPS) is 12.9. The number of hydrogen-bond donors (Lipinski definition) is 3. The number of carbonyl (C=O) groups is 1. The number of nitrogens with zero attached hydrogens (tertiary/aromatic N) is 1. The van der Waals surface area contributed by atoms with Crippen molar-refractivity contribution in [2.75, 3.05) is 17.1 Å². The minimum absolute atomic E-state index is 0.00648. The maximum Gasteiger partial charge on any atom is 0.320 e. The zero-order valence-electron chi connectivity index (χ0n) is 16.2. The highest BCUT2D eigenvalue weighted by Gasteiger charge is 2.21. The lowest BCUT2D eigenvalue weighted by molar-refractivity contribution is 0.250. The highest BCUT2D eigenvalue weighted by molar-refractivity contribution is 7.92. The number of urea groups is 1. The molecule has 0 aliphatic carbocycles. The SMILES string of the molecule is COc1ccc(S(=O)(=O)Nc2ccc(Oc3ccnc4c3CNC(=O)N4)c(F)c2)cc1. The standard InChI is InChI=1S/C20H17FN4O5S/c1-29-13-3-5-14(6-4-13)31(27,28)25-12-2-7-18(16(21)10-12)30-17-8-9-22-19-15(17)11-23-20(26)24-19/h2-10,25H,11H2,1H3,(H2,22,23,24,26). The van der Waals surface area contributed by atoms with Crippen LogP contribution in [-0.2, 0) is 16.6 Å². The van der Waals surface area contributed by atoms with Gasteiger partial charge in [0.25, 0.3) is 10.0 Å². The minimum Gasteiger partial charge on any atom is -0.497 e. The molecule has 0 saturated carbocycles. The van der Waals surface area contributed by atoms with Crippen LogP contribution < -0.4 is 24.8 Å². The van der Waals surface area contributed by atoms with Crippen LogP contribution in [0, 0.1) is 5.82 Å². The first-order valence-electron chi connectivity index (χ1n) is 9.03. The van der Waals surface area contributed by atoms with E-state index in [2.05, 4.69) is 20.3 Å². The van der Waals surface area contributed by atoms with Crippen LogP contribution in [0.5, 0.6) is 17.2 Å². The molecule has 31 heavy (non-hydrogen) atoms. The zero-order valence-corrected chi connectivity index (χ0v) is 17.0. The van der Waals surface area contributed by atoms with Crippen molar-refractivity contribution in [3.8, 4) is 17.2 Å². The molecular formula is C20H17FN4O5S. The van der Waals surface area contributed by atoms with Crippen molar-refractivity contribution < 1.29 is 27.1 Å². The van der Waals surface area contributed by atoms with Gasteiger partial charge < -0.3 is 14.8 Å². The number of rotatable bonds is 6. The molecule has 2 aromatic carbocycles. The predicted molar refractivity (Wildman–Crippen MR) is 110 cm³/mol. The van der Waals surface area contributed by atoms with Gasteiger partial charge in [0.1, 0.15) is 17.3 Å². The summed E-state index contributed by atoms with van der Waals surface area (Å²) in [5.41, 5.74) is 0.595. The van der Waals surface area contributed by atoms with E-state index < -0.39 is 21.9 Å². The summed E-state index contributed by atoms with van der Waals surface area (Å²) in [4.78, 5) is 15.5. The van der Waals surface area contributed by atoms with E-state index in [9.17, 15) is 17.6 Å². The number of nitrogens with one attached hydrogen (secondary N) is 3. The third kappa shape index (κ3) is 4.36. The molecule has 4 rings (SSSR count). The fourth-order valence-corrected chi connectivity index (χ4v) is 3.95. The highest BCUT2D eigenvalue weighted by atomic mass is 32.2. The molecule has 2 amide bonds. The molecule has 0 bridgehead atoms. The van der Waals surface area contributed by atoms with Crippen LogP contribution in [0.25, 0.3) is 0 Å². The smallest absolute Gasteiger partial charge is 0.320 e. The number of pyridine rings is 1. The van der Waals surface area contributed by atoms with E-state index in [1.807, 2.05) is 0 Å². The third-order valence-corrected chi connectivity index (χ3v) is 5.84. The molecule has 9 nitrogen and oxygen atoms in total. The van der Waals surface area contributed by atoms with E-state index in [1.54, 1.807) is 0 Å². The van der Waals surface area contributed by atoms with Gasteiger partial charge >= 0.3 is 6.03 Å². The van der Waals surface area contributed by atoms with Crippen molar-refractivity contribution in [2.45, 2.75) is 11.4 Å². The second kappa shape index (κ2) is 8.11. The van der Waals surface area contributed by atoms with Crippen molar-refractivity contribution >= 4 is 27.6 Å². The number of ether oxygens (including phenoxy) is 2. The van der Waals surface area contributed by atoms with Crippen molar-refractivity contribution in [1.29, 1.82) is 0 Å². The van der Waals surface area contributed by atoms with E-state index in [-0.39, 0.29) is 22.9 Å². The summed E-state index contributed by atoms with van der Waals surface area (Å²) < 4.78 is 52.7. The summed E-state index contributed by atoms with van der Waals surface area (Å²) in [5, 5.41) is 5.13. The number of sulfonamides is 1. The van der Waals surface area contributed by atoms with Crippen LogP contribution >= 0.6 is 0 Å². The topological polar surface area (TPSA) is 119 Å². The zero-order chi connectivity index (χ0) is 22.0. The summed E-state index contributed by atoms with van der Waals surface area (Å²) in [7, 11) is -2.44. The monoisotopic (exact) mass is 444 g/mol. The molecule has 11 heteroatoms. The molecule has 1 aromatic heterocycles. The van der Waals surface area contributed by atoms with Gasteiger partial charge in [0, 0.05) is 12.3 Å². The van der Waals surface area contributed by atoms with Gasteiger partial charge in [-0.15, -0.1) is 0 Å². The van der Waals surface area contributed by atoms with E-state index in [0.717, 1.165) is 6.07 Å². The van der Waals surface area contributed by atoms with Crippen LogP contribution in [0.2, 0.25) is 0 Å². The summed E-state index contributed by atoms with van der Waals surface area (Å²) >= 11 is 0. The number of carbonyl (C=O) groups excluding carboxylic acids is 1. The van der Waals surface area contributed by atoms with Crippen LogP contribution in [-0.4, -0.2) is 26.5 Å². The molecule has 160 valence electrons. The summed E-state index contributed by atoms with van der Waals surface area (Å²) in [5.74, 6) is 0.263. The maximum atomic E-state index is 14.6. The highest BCUT2D eigenvalue weighted by Crippen LogP contribution is 2.33. The van der Waals surface area contributed by atoms with Gasteiger partial charge in [-0.3, -0.25) is 10.0 Å². The van der Waals surface area contributed by atoms with Crippen molar-refractivity contribution in [2.24, 2.45) is 0 Å². The Hall–Kier alpha value is -3.86. The first-order chi connectivity index (χ1) is 14.9. The maximum absolute atomic E-state index is 14.6. The molecule has 3 aromatic rings. The van der Waals surface area contributed by atoms with Gasteiger partial charge in [-0.1, -0.05) is 0 Å². The van der Waals surface area contributed by atoms with Crippen LogP contribution in [0.15, 0.2) is 59.6 Å². The Morgan fingerprint density at radius 2 is 1.87 bits per heavy atom. The number of anilines is 2. The number of aromatic nitrogens is 1. The fraction of sp³-hybridized carbons (Fsp3) is 0.100. The summed E-state index contributed by atoms with van der Waals surface area (Å²) in [6.45, 7) is 0.172. The molecule has 0 spiro atoms.